The van der Waals surface area contributed by atoms with Gasteiger partial charge in [-0.05, 0) is 36.8 Å². The van der Waals surface area contributed by atoms with E-state index in [0.29, 0.717) is 17.9 Å². The molecule has 130 valence electrons. The van der Waals surface area contributed by atoms with Gasteiger partial charge >= 0.3 is 11.9 Å². The summed E-state index contributed by atoms with van der Waals surface area (Å²) in [4.78, 5) is 38.9. The third kappa shape index (κ3) is 4.87. The topological polar surface area (TPSA) is 106 Å². The largest absolute Gasteiger partial charge is 0.478 e. The predicted molar refractivity (Wildman–Crippen MR) is 90.8 cm³/mol. The maximum Gasteiger partial charge on any atom is 0.338 e. The van der Waals surface area contributed by atoms with E-state index >= 15 is 0 Å². The Balaban J connectivity index is 2.05. The zero-order valence-electron chi connectivity index (χ0n) is 13.7. The number of aromatic nitrogens is 1. The van der Waals surface area contributed by atoms with Crippen LogP contribution in [0.1, 0.15) is 50.8 Å². The van der Waals surface area contributed by atoms with Crippen LogP contribution in [0.15, 0.2) is 42.7 Å². The molecule has 1 heterocycles. The molecule has 0 saturated carbocycles. The predicted octanol–water partition coefficient (Wildman–Crippen LogP) is 2.99. The summed E-state index contributed by atoms with van der Waals surface area (Å²) in [7, 11) is 0. The number of carboxylic acid groups (broad SMARTS) is 1. The van der Waals surface area contributed by atoms with Gasteiger partial charge in [-0.15, -0.1) is 0 Å². The third-order valence-electron chi connectivity index (χ3n) is 3.41. The van der Waals surface area contributed by atoms with Crippen LogP contribution in [0.25, 0.3) is 0 Å². The molecule has 0 spiro atoms. The fraction of sp³-hybridized carbons (Fsp3) is 0.222. The quantitative estimate of drug-likeness (QED) is 0.592. The molecule has 7 heteroatoms. The number of carbonyl (C=O) groups excluding carboxylic acids is 2. The average Bonchev–Trinajstić information content (AvgIpc) is 2.62. The van der Waals surface area contributed by atoms with Crippen molar-refractivity contribution in [2.75, 3.05) is 11.9 Å². The van der Waals surface area contributed by atoms with E-state index in [-0.39, 0.29) is 11.1 Å². The highest BCUT2D eigenvalue weighted by atomic mass is 16.5. The second kappa shape index (κ2) is 8.58. The summed E-state index contributed by atoms with van der Waals surface area (Å²) >= 11 is 0. The number of carboxylic acids is 1. The molecule has 0 radical (unpaired) electrons. The zero-order chi connectivity index (χ0) is 18.2. The van der Waals surface area contributed by atoms with Gasteiger partial charge in [0.1, 0.15) is 0 Å². The fourth-order valence-electron chi connectivity index (χ4n) is 2.04. The van der Waals surface area contributed by atoms with E-state index in [1.807, 2.05) is 6.92 Å². The number of pyridine rings is 1. The number of amides is 1. The third-order valence-corrected chi connectivity index (χ3v) is 3.41. The first-order valence-electron chi connectivity index (χ1n) is 7.78. The number of unbranched alkanes of at least 4 members (excludes halogenated alkanes) is 1. The van der Waals surface area contributed by atoms with Crippen molar-refractivity contribution in [1.29, 1.82) is 0 Å². The Morgan fingerprint density at radius 1 is 1.12 bits per heavy atom. The molecular formula is C18H18N2O5. The molecule has 0 unspecified atom stereocenters. The first-order chi connectivity index (χ1) is 12.0. The minimum Gasteiger partial charge on any atom is -0.478 e. The zero-order valence-corrected chi connectivity index (χ0v) is 13.7. The van der Waals surface area contributed by atoms with Gasteiger partial charge in [-0.3, -0.25) is 9.78 Å². The number of carbonyl (C=O) groups is 3. The Bertz CT molecular complexity index is 771. The van der Waals surface area contributed by atoms with Gasteiger partial charge < -0.3 is 15.2 Å². The van der Waals surface area contributed by atoms with Crippen molar-refractivity contribution in [2.24, 2.45) is 0 Å². The maximum absolute atomic E-state index is 12.2. The second-order valence-corrected chi connectivity index (χ2v) is 5.25. The lowest BCUT2D eigenvalue weighted by Crippen LogP contribution is -2.16. The number of esters is 1. The summed E-state index contributed by atoms with van der Waals surface area (Å²) < 4.78 is 5.10. The van der Waals surface area contributed by atoms with Crippen LogP contribution in [0, 0.1) is 0 Å². The van der Waals surface area contributed by atoms with E-state index < -0.39 is 17.8 Å². The summed E-state index contributed by atoms with van der Waals surface area (Å²) in [6.07, 6.45) is 4.20. The lowest BCUT2D eigenvalue weighted by molar-refractivity contribution is 0.0499. The Morgan fingerprint density at radius 2 is 1.84 bits per heavy atom. The molecule has 0 aliphatic carbocycles. The van der Waals surface area contributed by atoms with E-state index in [2.05, 4.69) is 10.3 Å². The Hall–Kier alpha value is -3.22. The van der Waals surface area contributed by atoms with Gasteiger partial charge in [0, 0.05) is 18.1 Å². The van der Waals surface area contributed by atoms with Crippen molar-refractivity contribution in [2.45, 2.75) is 19.8 Å². The molecule has 2 N–H and O–H groups in total. The number of aromatic carboxylic acids is 1. The lowest BCUT2D eigenvalue weighted by atomic mass is 10.1. The Kier molecular flexibility index (Phi) is 6.22. The standard InChI is InChI=1S/C18H18N2O5/c1-2-3-10-25-18(24)12-4-6-13(7-5-12)20-16(21)14-8-9-19-11-15(14)17(22)23/h4-9,11H,2-3,10H2,1H3,(H,20,21)(H,22,23). The van der Waals surface area contributed by atoms with Crippen LogP contribution in [0.3, 0.4) is 0 Å². The van der Waals surface area contributed by atoms with Gasteiger partial charge in [-0.2, -0.15) is 0 Å². The van der Waals surface area contributed by atoms with Crippen molar-refractivity contribution in [3.05, 3.63) is 59.4 Å². The number of rotatable bonds is 7. The molecule has 1 aromatic carbocycles. The molecule has 1 amide bonds. The van der Waals surface area contributed by atoms with E-state index in [9.17, 15) is 14.4 Å². The van der Waals surface area contributed by atoms with Crippen LogP contribution in [0.2, 0.25) is 0 Å². The summed E-state index contributed by atoms with van der Waals surface area (Å²) in [6, 6.07) is 7.51. The minimum atomic E-state index is -1.23. The van der Waals surface area contributed by atoms with Crippen LogP contribution < -0.4 is 5.32 Å². The number of nitrogens with one attached hydrogen (secondary N) is 1. The molecule has 1 aromatic heterocycles. The van der Waals surface area contributed by atoms with Gasteiger partial charge in [0.15, 0.2) is 0 Å². The van der Waals surface area contributed by atoms with Crippen molar-refractivity contribution in [1.82, 2.24) is 4.98 Å². The Morgan fingerprint density at radius 3 is 2.48 bits per heavy atom. The molecule has 0 aliphatic heterocycles. The molecule has 2 rings (SSSR count). The summed E-state index contributed by atoms with van der Waals surface area (Å²) in [5.41, 5.74) is 0.633. The SMILES string of the molecule is CCCCOC(=O)c1ccc(NC(=O)c2ccncc2C(=O)O)cc1. The minimum absolute atomic E-state index is 0.00514. The molecule has 2 aromatic rings. The summed E-state index contributed by atoms with van der Waals surface area (Å²) in [6.45, 7) is 2.37. The molecule has 0 bridgehead atoms. The second-order valence-electron chi connectivity index (χ2n) is 5.25. The fourth-order valence-corrected chi connectivity index (χ4v) is 2.04. The van der Waals surface area contributed by atoms with E-state index in [4.69, 9.17) is 9.84 Å². The summed E-state index contributed by atoms with van der Waals surface area (Å²) in [5, 5.41) is 11.7. The molecule has 0 fully saturated rings. The van der Waals surface area contributed by atoms with Crippen molar-refractivity contribution in [3.8, 4) is 0 Å². The molecule has 0 saturated heterocycles. The Labute approximate surface area is 144 Å². The van der Waals surface area contributed by atoms with E-state index in [1.54, 1.807) is 12.1 Å². The lowest BCUT2D eigenvalue weighted by Gasteiger charge is -2.08. The number of benzene rings is 1. The van der Waals surface area contributed by atoms with E-state index in [0.717, 1.165) is 19.0 Å². The smallest absolute Gasteiger partial charge is 0.338 e. The molecule has 0 atom stereocenters. The molecule has 7 nitrogen and oxygen atoms in total. The molecule has 25 heavy (non-hydrogen) atoms. The van der Waals surface area contributed by atoms with Crippen LogP contribution >= 0.6 is 0 Å². The molecular weight excluding hydrogens is 324 g/mol. The van der Waals surface area contributed by atoms with Crippen LogP contribution in [0.4, 0.5) is 5.69 Å². The maximum atomic E-state index is 12.2. The van der Waals surface area contributed by atoms with Gasteiger partial charge in [-0.1, -0.05) is 13.3 Å². The van der Waals surface area contributed by atoms with Gasteiger partial charge in [0.05, 0.1) is 23.3 Å². The number of hydrogen-bond donors (Lipinski definition) is 2. The first kappa shape index (κ1) is 18.1. The highest BCUT2D eigenvalue weighted by Crippen LogP contribution is 2.14. The van der Waals surface area contributed by atoms with Crippen molar-refractivity contribution < 1.29 is 24.2 Å². The van der Waals surface area contributed by atoms with E-state index in [1.165, 1.54) is 24.4 Å². The van der Waals surface area contributed by atoms with Crippen LogP contribution in [0.5, 0.6) is 0 Å². The monoisotopic (exact) mass is 342 g/mol. The van der Waals surface area contributed by atoms with Crippen LogP contribution in [-0.2, 0) is 4.74 Å². The highest BCUT2D eigenvalue weighted by molar-refractivity contribution is 6.10. The van der Waals surface area contributed by atoms with Gasteiger partial charge in [0.25, 0.3) is 5.91 Å². The normalized spacial score (nSPS) is 10.1. The number of hydrogen-bond acceptors (Lipinski definition) is 5. The van der Waals surface area contributed by atoms with Crippen LogP contribution in [-0.4, -0.2) is 34.5 Å². The van der Waals surface area contributed by atoms with Gasteiger partial charge in [-0.25, -0.2) is 9.59 Å². The van der Waals surface area contributed by atoms with Crippen molar-refractivity contribution >= 4 is 23.5 Å². The first-order valence-corrected chi connectivity index (χ1v) is 7.78. The van der Waals surface area contributed by atoms with Gasteiger partial charge in [0.2, 0.25) is 0 Å². The number of anilines is 1. The number of nitrogens with zero attached hydrogens (tertiary/aromatic N) is 1. The number of ether oxygens (including phenoxy) is 1. The highest BCUT2D eigenvalue weighted by Gasteiger charge is 2.16. The summed E-state index contributed by atoms with van der Waals surface area (Å²) in [5.74, 6) is -2.23. The molecule has 0 aliphatic rings. The van der Waals surface area contributed by atoms with Crippen molar-refractivity contribution in [3.63, 3.8) is 0 Å². The average molecular weight is 342 g/mol.